The van der Waals surface area contributed by atoms with Gasteiger partial charge in [0.1, 0.15) is 0 Å². The molecule has 0 amide bonds. The van der Waals surface area contributed by atoms with E-state index in [-0.39, 0.29) is 0 Å². The highest BCUT2D eigenvalue weighted by Gasteiger charge is 2.31. The minimum Gasteiger partial charge on any atom is -0.312 e. The standard InChI is InChI=1S/C12H21N3S/c1-8-4-5-10(6-9(8)2)12(13-3)11-7-14-15-16-11/h7-10,12-13H,4-6H2,1-3H3. The van der Waals surface area contributed by atoms with Crippen molar-refractivity contribution in [1.82, 2.24) is 14.9 Å². The quantitative estimate of drug-likeness (QED) is 0.881. The third-order valence-electron chi connectivity index (χ3n) is 4.11. The molecule has 3 nitrogen and oxygen atoms in total. The molecule has 1 heterocycles. The summed E-state index contributed by atoms with van der Waals surface area (Å²) in [5, 5.41) is 7.39. The highest BCUT2D eigenvalue weighted by atomic mass is 32.1. The molecule has 0 saturated heterocycles. The fraction of sp³-hybridized carbons (Fsp3) is 0.833. The lowest BCUT2D eigenvalue weighted by Crippen LogP contribution is -2.31. The number of nitrogens with one attached hydrogen (secondary N) is 1. The molecule has 0 aliphatic heterocycles. The number of hydrogen-bond acceptors (Lipinski definition) is 4. The Labute approximate surface area is 102 Å². The van der Waals surface area contributed by atoms with Crippen LogP contribution in [0.5, 0.6) is 0 Å². The average molecular weight is 239 g/mol. The highest BCUT2D eigenvalue weighted by Crippen LogP contribution is 2.40. The van der Waals surface area contributed by atoms with Gasteiger partial charge >= 0.3 is 0 Å². The molecule has 0 aromatic carbocycles. The summed E-state index contributed by atoms with van der Waals surface area (Å²) in [5.41, 5.74) is 0. The molecule has 1 aromatic rings. The van der Waals surface area contributed by atoms with E-state index in [2.05, 4.69) is 28.8 Å². The van der Waals surface area contributed by atoms with Crippen molar-refractivity contribution in [2.45, 2.75) is 39.2 Å². The molecular formula is C12H21N3S. The summed E-state index contributed by atoms with van der Waals surface area (Å²) < 4.78 is 3.97. The Kier molecular flexibility index (Phi) is 3.92. The van der Waals surface area contributed by atoms with Gasteiger partial charge in [-0.25, -0.2) is 0 Å². The zero-order chi connectivity index (χ0) is 11.5. The van der Waals surface area contributed by atoms with Gasteiger partial charge in [0.05, 0.1) is 11.1 Å². The Hall–Kier alpha value is -0.480. The zero-order valence-electron chi connectivity index (χ0n) is 10.3. The van der Waals surface area contributed by atoms with E-state index in [1.807, 2.05) is 13.2 Å². The maximum absolute atomic E-state index is 3.97. The third kappa shape index (κ3) is 2.43. The Bertz CT molecular complexity index is 312. The van der Waals surface area contributed by atoms with Gasteiger partial charge in [0, 0.05) is 6.04 Å². The van der Waals surface area contributed by atoms with Gasteiger partial charge in [-0.1, -0.05) is 24.8 Å². The predicted molar refractivity (Wildman–Crippen MR) is 67.4 cm³/mol. The molecule has 1 aliphatic rings. The van der Waals surface area contributed by atoms with Crippen molar-refractivity contribution in [3.63, 3.8) is 0 Å². The number of hydrogen-bond donors (Lipinski definition) is 1. The summed E-state index contributed by atoms with van der Waals surface area (Å²) in [7, 11) is 2.05. The molecule has 1 aromatic heterocycles. The molecule has 0 radical (unpaired) electrons. The minimum absolute atomic E-state index is 0.454. The van der Waals surface area contributed by atoms with E-state index >= 15 is 0 Å². The first-order chi connectivity index (χ1) is 7.72. The monoisotopic (exact) mass is 239 g/mol. The predicted octanol–water partition coefficient (Wildman–Crippen LogP) is 2.87. The first-order valence-electron chi connectivity index (χ1n) is 6.17. The topological polar surface area (TPSA) is 37.8 Å². The van der Waals surface area contributed by atoms with Crippen LogP contribution in [0.4, 0.5) is 0 Å². The normalized spacial score (nSPS) is 32.6. The van der Waals surface area contributed by atoms with Crippen molar-refractivity contribution in [2.24, 2.45) is 17.8 Å². The zero-order valence-corrected chi connectivity index (χ0v) is 11.1. The van der Waals surface area contributed by atoms with Gasteiger partial charge in [0.15, 0.2) is 0 Å². The second-order valence-corrected chi connectivity index (χ2v) is 5.93. The van der Waals surface area contributed by atoms with Crippen LogP contribution in [0.25, 0.3) is 0 Å². The lowest BCUT2D eigenvalue weighted by atomic mass is 9.73. The number of nitrogens with zero attached hydrogens (tertiary/aromatic N) is 2. The first kappa shape index (κ1) is 12.0. The third-order valence-corrected chi connectivity index (χ3v) is 4.85. The van der Waals surface area contributed by atoms with Crippen LogP contribution in [-0.4, -0.2) is 16.6 Å². The molecule has 2 rings (SSSR count). The van der Waals surface area contributed by atoms with Crippen LogP contribution in [0.1, 0.15) is 44.0 Å². The summed E-state index contributed by atoms with van der Waals surface area (Å²) in [4.78, 5) is 1.29. The maximum Gasteiger partial charge on any atom is 0.0669 e. The van der Waals surface area contributed by atoms with Crippen LogP contribution in [-0.2, 0) is 0 Å². The van der Waals surface area contributed by atoms with Gasteiger partial charge in [-0.15, -0.1) is 5.10 Å². The molecule has 16 heavy (non-hydrogen) atoms. The smallest absolute Gasteiger partial charge is 0.0669 e. The van der Waals surface area contributed by atoms with E-state index in [1.165, 1.54) is 35.7 Å². The van der Waals surface area contributed by atoms with Gasteiger partial charge in [-0.05, 0) is 49.2 Å². The van der Waals surface area contributed by atoms with Gasteiger partial charge in [-0.3, -0.25) is 0 Å². The number of aromatic nitrogens is 2. The van der Waals surface area contributed by atoms with Crippen molar-refractivity contribution in [1.29, 1.82) is 0 Å². The van der Waals surface area contributed by atoms with Crippen molar-refractivity contribution in [3.8, 4) is 0 Å². The van der Waals surface area contributed by atoms with Crippen LogP contribution >= 0.6 is 11.5 Å². The summed E-state index contributed by atoms with van der Waals surface area (Å²) in [6.07, 6.45) is 5.92. The van der Waals surface area contributed by atoms with Crippen LogP contribution < -0.4 is 5.32 Å². The molecule has 1 fully saturated rings. The molecule has 0 spiro atoms. The second kappa shape index (κ2) is 5.23. The van der Waals surface area contributed by atoms with E-state index in [0.29, 0.717) is 6.04 Å². The van der Waals surface area contributed by atoms with Crippen molar-refractivity contribution >= 4 is 11.5 Å². The van der Waals surface area contributed by atoms with Gasteiger partial charge in [-0.2, -0.15) is 0 Å². The molecule has 4 unspecified atom stereocenters. The Morgan fingerprint density at radius 2 is 2.19 bits per heavy atom. The molecule has 0 bridgehead atoms. The molecule has 4 atom stereocenters. The Balaban J connectivity index is 2.05. The molecule has 90 valence electrons. The van der Waals surface area contributed by atoms with Crippen LogP contribution in [0.3, 0.4) is 0 Å². The van der Waals surface area contributed by atoms with Crippen molar-refractivity contribution in [2.75, 3.05) is 7.05 Å². The van der Waals surface area contributed by atoms with E-state index in [0.717, 1.165) is 17.8 Å². The summed E-state index contributed by atoms with van der Waals surface area (Å²) in [6.45, 7) is 4.76. The molecule has 1 N–H and O–H groups in total. The van der Waals surface area contributed by atoms with Gasteiger partial charge < -0.3 is 5.32 Å². The largest absolute Gasteiger partial charge is 0.312 e. The summed E-state index contributed by atoms with van der Waals surface area (Å²) in [6, 6.07) is 0.454. The van der Waals surface area contributed by atoms with E-state index in [4.69, 9.17) is 0 Å². The average Bonchev–Trinajstić information content (AvgIpc) is 2.78. The fourth-order valence-corrected chi connectivity index (χ4v) is 3.52. The van der Waals surface area contributed by atoms with Gasteiger partial charge in [0.2, 0.25) is 0 Å². The van der Waals surface area contributed by atoms with E-state index in [9.17, 15) is 0 Å². The Morgan fingerprint density at radius 3 is 2.75 bits per heavy atom. The van der Waals surface area contributed by atoms with E-state index < -0.39 is 0 Å². The molecule has 1 aliphatic carbocycles. The maximum atomic E-state index is 3.97. The number of rotatable bonds is 3. The first-order valence-corrected chi connectivity index (χ1v) is 6.94. The summed E-state index contributed by atoms with van der Waals surface area (Å²) in [5.74, 6) is 2.47. The Morgan fingerprint density at radius 1 is 1.38 bits per heavy atom. The lowest BCUT2D eigenvalue weighted by Gasteiger charge is -2.36. The summed E-state index contributed by atoms with van der Waals surface area (Å²) >= 11 is 1.53. The molecule has 1 saturated carbocycles. The van der Waals surface area contributed by atoms with E-state index in [1.54, 1.807) is 0 Å². The van der Waals surface area contributed by atoms with Crippen molar-refractivity contribution in [3.05, 3.63) is 11.1 Å². The van der Waals surface area contributed by atoms with Crippen LogP contribution in [0.15, 0.2) is 6.20 Å². The lowest BCUT2D eigenvalue weighted by molar-refractivity contribution is 0.176. The minimum atomic E-state index is 0.454. The van der Waals surface area contributed by atoms with Gasteiger partial charge in [0.25, 0.3) is 0 Å². The molecule has 4 heteroatoms. The SMILES string of the molecule is CNC(c1cnns1)C1CCC(C)C(C)C1. The fourth-order valence-electron chi connectivity index (χ4n) is 2.81. The molecular weight excluding hydrogens is 218 g/mol. The van der Waals surface area contributed by atoms with Crippen LogP contribution in [0.2, 0.25) is 0 Å². The van der Waals surface area contributed by atoms with Crippen LogP contribution in [0, 0.1) is 17.8 Å². The second-order valence-electron chi connectivity index (χ2n) is 5.11. The highest BCUT2D eigenvalue weighted by molar-refractivity contribution is 7.05. The van der Waals surface area contributed by atoms with Crippen molar-refractivity contribution < 1.29 is 0 Å².